The number of rotatable bonds is 1. The zero-order valence-electron chi connectivity index (χ0n) is 7.66. The minimum atomic E-state index is 0.419. The van der Waals surface area contributed by atoms with Crippen LogP contribution in [0.5, 0.6) is 0 Å². The maximum absolute atomic E-state index is 5.80. The molecule has 2 rings (SSSR count). The molecule has 1 saturated heterocycles. The Balaban J connectivity index is 2.18. The summed E-state index contributed by atoms with van der Waals surface area (Å²) in [6.07, 6.45) is 5.47. The molecule has 3 nitrogen and oxygen atoms in total. The van der Waals surface area contributed by atoms with E-state index in [1.807, 2.05) is 6.07 Å². The Hall–Kier alpha value is -1.09. The maximum atomic E-state index is 5.80. The van der Waals surface area contributed by atoms with Gasteiger partial charge < -0.3 is 11.1 Å². The van der Waals surface area contributed by atoms with Crippen LogP contribution in [0.4, 0.5) is 5.82 Å². The molecule has 3 heteroatoms. The number of nitrogens with zero attached hydrogens (tertiary/aromatic N) is 1. The molecule has 0 saturated carbocycles. The molecule has 0 aromatic carbocycles. The first-order valence-corrected chi connectivity index (χ1v) is 4.81. The first kappa shape index (κ1) is 8.51. The van der Waals surface area contributed by atoms with Crippen LogP contribution in [0.1, 0.15) is 30.9 Å². The lowest BCUT2D eigenvalue weighted by Gasteiger charge is -2.24. The predicted molar refractivity (Wildman–Crippen MR) is 53.2 cm³/mol. The Morgan fingerprint density at radius 3 is 3.08 bits per heavy atom. The van der Waals surface area contributed by atoms with Crippen LogP contribution in [0.15, 0.2) is 18.3 Å². The van der Waals surface area contributed by atoms with Gasteiger partial charge in [-0.15, -0.1) is 0 Å². The number of hydrogen-bond donors (Lipinski definition) is 2. The first-order valence-electron chi connectivity index (χ1n) is 4.81. The fraction of sp³-hybridized carbons (Fsp3) is 0.500. The number of pyridine rings is 1. The fourth-order valence-corrected chi connectivity index (χ4v) is 1.84. The minimum absolute atomic E-state index is 0.419. The molecule has 0 amide bonds. The summed E-state index contributed by atoms with van der Waals surface area (Å²) in [7, 11) is 0. The van der Waals surface area contributed by atoms with Crippen molar-refractivity contribution in [2.45, 2.75) is 25.3 Å². The number of hydrogen-bond acceptors (Lipinski definition) is 3. The summed E-state index contributed by atoms with van der Waals surface area (Å²) in [6.45, 7) is 1.10. The zero-order chi connectivity index (χ0) is 9.10. The van der Waals surface area contributed by atoms with E-state index in [2.05, 4.69) is 16.4 Å². The number of nitrogens with two attached hydrogens (primary N) is 1. The second-order valence-electron chi connectivity index (χ2n) is 3.48. The van der Waals surface area contributed by atoms with Gasteiger partial charge in [0.15, 0.2) is 0 Å². The topological polar surface area (TPSA) is 50.9 Å². The zero-order valence-corrected chi connectivity index (χ0v) is 7.66. The van der Waals surface area contributed by atoms with Gasteiger partial charge in [0.1, 0.15) is 5.82 Å². The third kappa shape index (κ3) is 1.80. The van der Waals surface area contributed by atoms with Crippen LogP contribution in [0.3, 0.4) is 0 Å². The van der Waals surface area contributed by atoms with Gasteiger partial charge in [-0.1, -0.05) is 12.5 Å². The summed E-state index contributed by atoms with van der Waals surface area (Å²) in [5.41, 5.74) is 6.96. The summed E-state index contributed by atoms with van der Waals surface area (Å²) in [4.78, 5) is 4.09. The molecule has 0 bridgehead atoms. The van der Waals surface area contributed by atoms with Gasteiger partial charge in [-0.05, 0) is 25.5 Å². The lowest BCUT2D eigenvalue weighted by atomic mass is 9.98. The molecule has 3 N–H and O–H groups in total. The molecule has 1 unspecified atom stereocenters. The smallest absolute Gasteiger partial charge is 0.128 e. The van der Waals surface area contributed by atoms with Crippen molar-refractivity contribution in [1.82, 2.24) is 10.3 Å². The highest BCUT2D eigenvalue weighted by atomic mass is 14.9. The Labute approximate surface area is 78.4 Å². The Kier molecular flexibility index (Phi) is 2.45. The highest BCUT2D eigenvalue weighted by molar-refractivity contribution is 5.40. The summed E-state index contributed by atoms with van der Waals surface area (Å²) in [6, 6.07) is 4.43. The van der Waals surface area contributed by atoms with Crippen molar-refractivity contribution in [2.24, 2.45) is 0 Å². The molecule has 2 heterocycles. The van der Waals surface area contributed by atoms with Gasteiger partial charge in [0.05, 0.1) is 0 Å². The highest BCUT2D eigenvalue weighted by Gasteiger charge is 2.16. The van der Waals surface area contributed by atoms with E-state index in [0.29, 0.717) is 11.9 Å². The van der Waals surface area contributed by atoms with Crippen molar-refractivity contribution in [3.8, 4) is 0 Å². The number of nitrogen functional groups attached to an aromatic ring is 1. The number of anilines is 1. The average Bonchev–Trinajstić information content (AvgIpc) is 2.20. The van der Waals surface area contributed by atoms with E-state index in [9.17, 15) is 0 Å². The van der Waals surface area contributed by atoms with Gasteiger partial charge in [0.25, 0.3) is 0 Å². The van der Waals surface area contributed by atoms with Gasteiger partial charge in [0.2, 0.25) is 0 Å². The van der Waals surface area contributed by atoms with Crippen LogP contribution >= 0.6 is 0 Å². The number of nitrogens with one attached hydrogen (secondary N) is 1. The molecular formula is C10H15N3. The molecule has 13 heavy (non-hydrogen) atoms. The average molecular weight is 177 g/mol. The lowest BCUT2D eigenvalue weighted by Crippen LogP contribution is -2.27. The van der Waals surface area contributed by atoms with E-state index in [4.69, 9.17) is 5.73 Å². The molecule has 1 aromatic heterocycles. The molecule has 0 aliphatic carbocycles. The monoisotopic (exact) mass is 177 g/mol. The van der Waals surface area contributed by atoms with Crippen LogP contribution < -0.4 is 11.1 Å². The lowest BCUT2D eigenvalue weighted by molar-refractivity contribution is 0.412. The van der Waals surface area contributed by atoms with Gasteiger partial charge in [-0.3, -0.25) is 0 Å². The number of aromatic nitrogens is 1. The van der Waals surface area contributed by atoms with Gasteiger partial charge in [-0.2, -0.15) is 0 Å². The molecule has 70 valence electrons. The van der Waals surface area contributed by atoms with Gasteiger partial charge >= 0.3 is 0 Å². The summed E-state index contributed by atoms with van der Waals surface area (Å²) in [5.74, 6) is 0.668. The highest BCUT2D eigenvalue weighted by Crippen LogP contribution is 2.25. The van der Waals surface area contributed by atoms with Crippen LogP contribution in [-0.4, -0.2) is 11.5 Å². The Bertz CT molecular complexity index is 279. The third-order valence-electron chi connectivity index (χ3n) is 2.56. The summed E-state index contributed by atoms with van der Waals surface area (Å²) >= 11 is 0. The Morgan fingerprint density at radius 2 is 2.38 bits per heavy atom. The molecule has 0 radical (unpaired) electrons. The van der Waals surface area contributed by atoms with Crippen LogP contribution in [0, 0.1) is 0 Å². The summed E-state index contributed by atoms with van der Waals surface area (Å²) < 4.78 is 0. The van der Waals surface area contributed by atoms with Crippen LogP contribution in [-0.2, 0) is 0 Å². The molecule has 1 aliphatic heterocycles. The number of piperidine rings is 1. The van der Waals surface area contributed by atoms with Crippen molar-refractivity contribution in [2.75, 3.05) is 12.3 Å². The second-order valence-corrected chi connectivity index (χ2v) is 3.48. The van der Waals surface area contributed by atoms with Crippen molar-refractivity contribution in [3.63, 3.8) is 0 Å². The molecule has 1 atom stereocenters. The molecule has 1 fully saturated rings. The van der Waals surface area contributed by atoms with E-state index >= 15 is 0 Å². The van der Waals surface area contributed by atoms with Crippen molar-refractivity contribution >= 4 is 5.82 Å². The first-order chi connectivity index (χ1) is 6.38. The fourth-order valence-electron chi connectivity index (χ4n) is 1.84. The van der Waals surface area contributed by atoms with E-state index in [0.717, 1.165) is 12.1 Å². The summed E-state index contributed by atoms with van der Waals surface area (Å²) in [5, 5.41) is 3.46. The molecule has 1 aromatic rings. The standard InChI is InChI=1S/C10H15N3/c11-10-8(4-3-7-13-10)9-5-1-2-6-12-9/h3-4,7,9,12H,1-2,5-6H2,(H2,11,13). The van der Waals surface area contributed by atoms with E-state index in [1.165, 1.54) is 19.3 Å². The largest absolute Gasteiger partial charge is 0.383 e. The molecule has 0 spiro atoms. The van der Waals surface area contributed by atoms with Gasteiger partial charge in [-0.25, -0.2) is 4.98 Å². The van der Waals surface area contributed by atoms with Crippen molar-refractivity contribution in [1.29, 1.82) is 0 Å². The third-order valence-corrected chi connectivity index (χ3v) is 2.56. The van der Waals surface area contributed by atoms with E-state index < -0.39 is 0 Å². The van der Waals surface area contributed by atoms with E-state index in [1.54, 1.807) is 6.20 Å². The maximum Gasteiger partial charge on any atom is 0.128 e. The minimum Gasteiger partial charge on any atom is -0.383 e. The van der Waals surface area contributed by atoms with Gasteiger partial charge in [0, 0.05) is 17.8 Å². The van der Waals surface area contributed by atoms with Crippen molar-refractivity contribution in [3.05, 3.63) is 23.9 Å². The SMILES string of the molecule is Nc1ncccc1C1CCCCN1. The Morgan fingerprint density at radius 1 is 1.46 bits per heavy atom. The predicted octanol–water partition coefficient (Wildman–Crippen LogP) is 1.48. The molecular weight excluding hydrogens is 162 g/mol. The second kappa shape index (κ2) is 3.75. The van der Waals surface area contributed by atoms with E-state index in [-0.39, 0.29) is 0 Å². The van der Waals surface area contributed by atoms with Crippen LogP contribution in [0.2, 0.25) is 0 Å². The normalized spacial score (nSPS) is 22.9. The van der Waals surface area contributed by atoms with Crippen molar-refractivity contribution < 1.29 is 0 Å². The van der Waals surface area contributed by atoms with Crippen LogP contribution in [0.25, 0.3) is 0 Å². The molecule has 1 aliphatic rings. The quantitative estimate of drug-likeness (QED) is 0.683.